The molecule has 0 spiro atoms. The first-order chi connectivity index (χ1) is 18.5. The van der Waals surface area contributed by atoms with Crippen molar-refractivity contribution in [2.24, 2.45) is 5.92 Å². The lowest BCUT2D eigenvalue weighted by Crippen LogP contribution is -2.36. The van der Waals surface area contributed by atoms with Gasteiger partial charge in [0.2, 0.25) is 5.91 Å². The molecule has 2 aromatic carbocycles. The molecule has 2 atom stereocenters. The van der Waals surface area contributed by atoms with Gasteiger partial charge in [-0.1, -0.05) is 30.3 Å². The van der Waals surface area contributed by atoms with Crippen LogP contribution in [0.25, 0.3) is 11.3 Å². The molecule has 13 heteroatoms. The molecule has 2 aliphatic heterocycles. The van der Waals surface area contributed by atoms with Crippen molar-refractivity contribution < 1.29 is 32.6 Å². The first kappa shape index (κ1) is 27.8. The number of nitrogens with zero attached hydrogens (tertiary/aromatic N) is 3. The second-order valence-electron chi connectivity index (χ2n) is 8.55. The highest BCUT2D eigenvalue weighted by atomic mass is 32.2. The summed E-state index contributed by atoms with van der Waals surface area (Å²) in [6.45, 7) is 2.24. The maximum absolute atomic E-state index is 13.1. The van der Waals surface area contributed by atoms with Crippen molar-refractivity contribution in [3.05, 3.63) is 93.7 Å². The van der Waals surface area contributed by atoms with Crippen LogP contribution in [0.5, 0.6) is 5.75 Å². The minimum Gasteiger partial charge on any atom is -0.497 e. The largest absolute Gasteiger partial charge is 0.497 e. The molecule has 2 aliphatic rings. The van der Waals surface area contributed by atoms with Gasteiger partial charge in [0.15, 0.2) is 0 Å². The summed E-state index contributed by atoms with van der Waals surface area (Å²) in [7, 11) is 1.62. The zero-order chi connectivity index (χ0) is 28.3. The van der Waals surface area contributed by atoms with E-state index >= 15 is 0 Å². The van der Waals surface area contributed by atoms with Crippen LogP contribution >= 0.6 is 11.8 Å². The van der Waals surface area contributed by atoms with Crippen LogP contribution in [-0.4, -0.2) is 49.9 Å². The number of carboxylic acids is 1. The number of fused-ring (bicyclic) bond motifs is 1. The Morgan fingerprint density at radius 1 is 1.18 bits per heavy atom. The summed E-state index contributed by atoms with van der Waals surface area (Å²) in [5.74, 6) is -1.48. The van der Waals surface area contributed by atoms with Crippen molar-refractivity contribution in [2.45, 2.75) is 24.9 Å². The van der Waals surface area contributed by atoms with Gasteiger partial charge in [-0.25, -0.2) is 9.59 Å². The lowest BCUT2D eigenvalue weighted by molar-refractivity contribution is -0.192. The molecule has 1 amide bonds. The van der Waals surface area contributed by atoms with E-state index in [1.807, 2.05) is 66.9 Å². The maximum Gasteiger partial charge on any atom is 0.490 e. The molecule has 3 heterocycles. The molecule has 39 heavy (non-hydrogen) atoms. The molecule has 9 nitrogen and oxygen atoms in total. The van der Waals surface area contributed by atoms with Crippen molar-refractivity contribution >= 4 is 29.2 Å². The predicted octanol–water partition coefficient (Wildman–Crippen LogP) is 3.75. The summed E-state index contributed by atoms with van der Waals surface area (Å²) in [5, 5.41) is 16.5. The zero-order valence-electron chi connectivity index (χ0n) is 20.7. The number of aromatic nitrogens is 3. The number of carbonyl (C=O) groups excluding carboxylic acids is 1. The van der Waals surface area contributed by atoms with E-state index < -0.39 is 12.1 Å². The number of carboxylic acid groups (broad SMARTS) is 1. The molecule has 1 aromatic heterocycles. The molecule has 0 aliphatic carbocycles. The number of amides is 1. The fraction of sp³-hybridized carbons (Fsp3) is 0.231. The Hall–Kier alpha value is -4.26. The van der Waals surface area contributed by atoms with Gasteiger partial charge >= 0.3 is 17.8 Å². The monoisotopic (exact) mass is 560 g/mol. The highest BCUT2D eigenvalue weighted by molar-refractivity contribution is 8.03. The highest BCUT2D eigenvalue weighted by Crippen LogP contribution is 2.41. The molecule has 0 saturated heterocycles. The topological polar surface area (TPSA) is 115 Å². The minimum absolute atomic E-state index is 0.0280. The van der Waals surface area contributed by atoms with Crippen molar-refractivity contribution in [3.8, 4) is 11.4 Å². The summed E-state index contributed by atoms with van der Waals surface area (Å²) < 4.78 is 40.1. The van der Waals surface area contributed by atoms with Crippen molar-refractivity contribution in [2.75, 3.05) is 7.11 Å². The highest BCUT2D eigenvalue weighted by Gasteiger charge is 2.38. The Morgan fingerprint density at radius 2 is 1.87 bits per heavy atom. The van der Waals surface area contributed by atoms with Crippen LogP contribution in [0.2, 0.25) is 0 Å². The third kappa shape index (κ3) is 6.08. The van der Waals surface area contributed by atoms with Crippen LogP contribution in [0.15, 0.2) is 71.0 Å². The van der Waals surface area contributed by atoms with Crippen LogP contribution in [0, 0.1) is 12.8 Å². The summed E-state index contributed by atoms with van der Waals surface area (Å²) in [6.07, 6.45) is -1.35. The predicted molar refractivity (Wildman–Crippen MR) is 138 cm³/mol. The Balaban J connectivity index is 0.000000448. The zero-order valence-corrected chi connectivity index (χ0v) is 21.5. The molecule has 0 radical (unpaired) electrons. The molecule has 204 valence electrons. The third-order valence-electron chi connectivity index (χ3n) is 6.03. The average Bonchev–Trinajstić information content (AvgIpc) is 3.51. The van der Waals surface area contributed by atoms with E-state index in [0.717, 1.165) is 22.4 Å². The van der Waals surface area contributed by atoms with Gasteiger partial charge in [-0.15, -0.1) is 11.8 Å². The van der Waals surface area contributed by atoms with Crippen LogP contribution in [-0.2, 0) is 16.1 Å². The standard InChI is InChI=1S/C24H22N4O3S.C2HF3O2/c1-15-26-28(24(30)27(15)14-16-4-3-5-19(12-16)31-2)18-8-6-17(7-9-18)21-13-25-23(29)20-10-11-32-22(20)21;3-2(4,5)1(6)7/h3-13,20,22H,14H2,1-2H3,(H,25,29);(H,6,7). The van der Waals surface area contributed by atoms with Crippen molar-refractivity contribution in [3.63, 3.8) is 0 Å². The second kappa shape index (κ2) is 11.2. The smallest absolute Gasteiger partial charge is 0.490 e. The molecule has 0 bridgehead atoms. The van der Waals surface area contributed by atoms with Gasteiger partial charge in [-0.05, 0) is 53.3 Å². The molecule has 0 fully saturated rings. The van der Waals surface area contributed by atoms with Gasteiger partial charge in [0.25, 0.3) is 0 Å². The molecule has 5 rings (SSSR count). The Morgan fingerprint density at radius 3 is 2.51 bits per heavy atom. The first-order valence-corrected chi connectivity index (χ1v) is 12.5. The maximum atomic E-state index is 13.1. The number of ether oxygens (including phenoxy) is 1. The Kier molecular flexibility index (Phi) is 8.00. The lowest BCUT2D eigenvalue weighted by Gasteiger charge is -2.25. The fourth-order valence-corrected chi connectivity index (χ4v) is 5.22. The van der Waals surface area contributed by atoms with E-state index in [9.17, 15) is 22.8 Å². The molecular formula is C26H23F3N4O5S. The number of methoxy groups -OCH3 is 1. The minimum atomic E-state index is -5.08. The van der Waals surface area contributed by atoms with E-state index in [1.54, 1.807) is 29.6 Å². The number of hydrogen-bond donors (Lipinski definition) is 2. The van der Waals surface area contributed by atoms with Gasteiger partial charge in [-0.2, -0.15) is 23.0 Å². The molecule has 3 aromatic rings. The van der Waals surface area contributed by atoms with Gasteiger partial charge in [-0.3, -0.25) is 9.36 Å². The second-order valence-corrected chi connectivity index (χ2v) is 9.60. The summed E-state index contributed by atoms with van der Waals surface area (Å²) >= 11 is 1.66. The van der Waals surface area contributed by atoms with Crippen LogP contribution < -0.4 is 15.7 Å². The Labute approximate surface area is 224 Å². The summed E-state index contributed by atoms with van der Waals surface area (Å²) in [6, 6.07) is 15.4. The van der Waals surface area contributed by atoms with Gasteiger partial charge in [0.1, 0.15) is 11.6 Å². The van der Waals surface area contributed by atoms with Gasteiger partial charge in [0, 0.05) is 6.20 Å². The van der Waals surface area contributed by atoms with E-state index in [4.69, 9.17) is 14.6 Å². The molecule has 0 saturated carbocycles. The van der Waals surface area contributed by atoms with Crippen molar-refractivity contribution in [1.82, 2.24) is 19.7 Å². The van der Waals surface area contributed by atoms with E-state index in [1.165, 1.54) is 4.68 Å². The van der Waals surface area contributed by atoms with E-state index in [0.29, 0.717) is 18.1 Å². The lowest BCUT2D eigenvalue weighted by atomic mass is 9.91. The number of alkyl halides is 3. The first-order valence-electron chi connectivity index (χ1n) is 11.5. The number of carbonyl (C=O) groups is 2. The van der Waals surface area contributed by atoms with E-state index in [-0.39, 0.29) is 22.8 Å². The quantitative estimate of drug-likeness (QED) is 0.489. The number of nitrogens with one attached hydrogen (secondary N) is 1. The Bertz CT molecular complexity index is 1510. The SMILES string of the molecule is COc1cccc(Cn2c(C)nn(-c3ccc(C4=CNC(=O)C5C=CSC45)cc3)c2=O)c1.O=C(O)C(F)(F)F. The number of hydrogen-bond acceptors (Lipinski definition) is 6. The van der Waals surface area contributed by atoms with Crippen LogP contribution in [0.4, 0.5) is 13.2 Å². The number of benzene rings is 2. The number of rotatable bonds is 5. The summed E-state index contributed by atoms with van der Waals surface area (Å²) in [5.41, 5.74) is 3.55. The van der Waals surface area contributed by atoms with E-state index in [2.05, 4.69) is 10.4 Å². The normalized spacial score (nSPS) is 18.0. The summed E-state index contributed by atoms with van der Waals surface area (Å²) in [4.78, 5) is 34.0. The van der Waals surface area contributed by atoms with Crippen molar-refractivity contribution in [1.29, 1.82) is 0 Å². The molecule has 2 N–H and O–H groups in total. The number of aryl methyl sites for hydroxylation is 1. The van der Waals surface area contributed by atoms with Crippen LogP contribution in [0.3, 0.4) is 0 Å². The third-order valence-corrected chi connectivity index (χ3v) is 7.18. The van der Waals surface area contributed by atoms with Crippen LogP contribution in [0.1, 0.15) is 17.0 Å². The van der Waals surface area contributed by atoms with Gasteiger partial charge < -0.3 is 15.2 Å². The fourth-order valence-electron chi connectivity index (χ4n) is 4.06. The van der Waals surface area contributed by atoms with Gasteiger partial charge in [0.05, 0.1) is 30.5 Å². The number of aliphatic carboxylic acids is 1. The number of halogens is 3. The molecular weight excluding hydrogens is 537 g/mol. The molecule has 2 unspecified atom stereocenters. The number of thioether (sulfide) groups is 1. The average molecular weight is 561 g/mol.